The molecule has 0 bridgehead atoms. The Balaban J connectivity index is 2.78. The van der Waals surface area contributed by atoms with Crippen LogP contribution in [0.3, 0.4) is 0 Å². The molecule has 5 nitrogen and oxygen atoms in total. The van der Waals surface area contributed by atoms with Gasteiger partial charge in [-0.2, -0.15) is 0 Å². The number of rotatable bonds is 7. The van der Waals surface area contributed by atoms with Crippen molar-refractivity contribution in [1.82, 2.24) is 4.57 Å². The summed E-state index contributed by atoms with van der Waals surface area (Å²) in [6.45, 7) is 10.0. The van der Waals surface area contributed by atoms with Gasteiger partial charge in [0.1, 0.15) is 5.54 Å². The summed E-state index contributed by atoms with van der Waals surface area (Å²) in [5.74, 6) is 0.0631. The first-order chi connectivity index (χ1) is 10.3. The highest BCUT2D eigenvalue weighted by molar-refractivity contribution is 5.87. The van der Waals surface area contributed by atoms with Crippen molar-refractivity contribution < 1.29 is 19.1 Å². The van der Waals surface area contributed by atoms with E-state index in [1.165, 1.54) is 0 Å². The summed E-state index contributed by atoms with van der Waals surface area (Å²) in [5, 5.41) is 0. The Hall–Kier alpha value is -1.78. The minimum Gasteiger partial charge on any atom is -0.434 e. The molecule has 1 aromatic heterocycles. The van der Waals surface area contributed by atoms with E-state index in [1.807, 2.05) is 26.0 Å². The van der Waals surface area contributed by atoms with Crippen LogP contribution in [0, 0.1) is 11.8 Å². The fraction of sp³-hybridized carbons (Fsp3) is 0.647. The van der Waals surface area contributed by atoms with Gasteiger partial charge in [-0.1, -0.05) is 27.7 Å². The maximum Gasteiger partial charge on any atom is 0.516 e. The molecule has 0 N–H and O–H groups in total. The van der Waals surface area contributed by atoms with E-state index in [2.05, 4.69) is 13.8 Å². The van der Waals surface area contributed by atoms with Gasteiger partial charge >= 0.3 is 12.1 Å². The number of ether oxygens (including phenoxy) is 2. The lowest BCUT2D eigenvalue weighted by Crippen LogP contribution is -2.41. The predicted molar refractivity (Wildman–Crippen MR) is 84.4 cm³/mol. The van der Waals surface area contributed by atoms with Crippen LogP contribution in [0.4, 0.5) is 4.79 Å². The summed E-state index contributed by atoms with van der Waals surface area (Å²) >= 11 is 0. The lowest BCUT2D eigenvalue weighted by Gasteiger charge is -2.29. The smallest absolute Gasteiger partial charge is 0.434 e. The number of carbonyl (C=O) groups excluding carboxylic acids is 2. The van der Waals surface area contributed by atoms with E-state index in [9.17, 15) is 9.59 Å². The monoisotopic (exact) mass is 309 g/mol. The summed E-state index contributed by atoms with van der Waals surface area (Å²) in [6, 6.07) is 3.69. The largest absolute Gasteiger partial charge is 0.516 e. The van der Waals surface area contributed by atoms with Gasteiger partial charge in [-0.25, -0.2) is 9.59 Å². The predicted octanol–water partition coefficient (Wildman–Crippen LogP) is 3.98. The third-order valence-electron chi connectivity index (χ3n) is 3.53. The Kier molecular flexibility index (Phi) is 6.65. The quantitative estimate of drug-likeness (QED) is 0.565. The third-order valence-corrected chi connectivity index (χ3v) is 3.53. The molecular formula is C17H27NO4. The van der Waals surface area contributed by atoms with Gasteiger partial charge in [-0.15, -0.1) is 0 Å². The van der Waals surface area contributed by atoms with Crippen molar-refractivity contribution in [1.29, 1.82) is 0 Å². The zero-order valence-corrected chi connectivity index (χ0v) is 14.2. The fourth-order valence-electron chi connectivity index (χ4n) is 2.02. The molecule has 0 amide bonds. The molecule has 0 aliphatic heterocycles. The molecule has 5 heteroatoms. The van der Waals surface area contributed by atoms with Gasteiger partial charge in [0.25, 0.3) is 0 Å². The van der Waals surface area contributed by atoms with Gasteiger partial charge in [0.05, 0.1) is 6.61 Å². The highest BCUT2D eigenvalue weighted by atomic mass is 16.7. The van der Waals surface area contributed by atoms with E-state index in [0.29, 0.717) is 12.3 Å². The van der Waals surface area contributed by atoms with Gasteiger partial charge in [0.15, 0.2) is 0 Å². The summed E-state index contributed by atoms with van der Waals surface area (Å²) in [4.78, 5) is 24.1. The van der Waals surface area contributed by atoms with Crippen molar-refractivity contribution in [3.63, 3.8) is 0 Å². The Morgan fingerprint density at radius 2 is 1.68 bits per heavy atom. The van der Waals surface area contributed by atoms with Crippen LogP contribution in [0.25, 0.3) is 0 Å². The number of esters is 1. The molecule has 1 aromatic rings. The third kappa shape index (κ3) is 5.20. The van der Waals surface area contributed by atoms with Crippen molar-refractivity contribution in [3.05, 3.63) is 24.5 Å². The van der Waals surface area contributed by atoms with E-state index in [-0.39, 0.29) is 12.5 Å². The van der Waals surface area contributed by atoms with E-state index < -0.39 is 17.7 Å². The molecule has 22 heavy (non-hydrogen) atoms. The topological polar surface area (TPSA) is 57.5 Å². The minimum atomic E-state index is -0.929. The molecule has 0 spiro atoms. The highest BCUT2D eigenvalue weighted by Crippen LogP contribution is 2.27. The Bertz CT molecular complexity index is 479. The van der Waals surface area contributed by atoms with Crippen LogP contribution in [-0.4, -0.2) is 23.3 Å². The molecule has 1 atom stereocenters. The number of carbonyl (C=O) groups is 2. The van der Waals surface area contributed by atoms with Crippen molar-refractivity contribution in [2.75, 3.05) is 6.61 Å². The van der Waals surface area contributed by atoms with Crippen LogP contribution in [0.2, 0.25) is 0 Å². The zero-order valence-electron chi connectivity index (χ0n) is 14.2. The maximum atomic E-state index is 12.5. The first-order valence-corrected chi connectivity index (χ1v) is 7.78. The van der Waals surface area contributed by atoms with Gasteiger partial charge in [0, 0.05) is 12.4 Å². The summed E-state index contributed by atoms with van der Waals surface area (Å²) < 4.78 is 11.6. The van der Waals surface area contributed by atoms with Gasteiger partial charge in [-0.05, 0) is 43.7 Å². The maximum absolute atomic E-state index is 12.5. The summed E-state index contributed by atoms with van der Waals surface area (Å²) in [7, 11) is 0. The first-order valence-electron chi connectivity index (χ1n) is 7.78. The molecule has 1 unspecified atom stereocenters. The van der Waals surface area contributed by atoms with Crippen LogP contribution in [-0.2, 0) is 19.8 Å². The van der Waals surface area contributed by atoms with Crippen molar-refractivity contribution in [2.45, 2.75) is 53.0 Å². The standard InChI is InChI=1S/C17H27NO4/c1-13(2)8-9-17(5,18-10-6-7-11-18)15(19)22-16(20)21-12-14(3)4/h6-7,10-11,13-14H,8-9,12H2,1-5H3. The minimum absolute atomic E-state index is 0.194. The first kappa shape index (κ1) is 18.3. The van der Waals surface area contributed by atoms with Gasteiger partial charge < -0.3 is 14.0 Å². The molecule has 0 saturated heterocycles. The molecule has 0 radical (unpaired) electrons. The molecule has 1 heterocycles. The molecular weight excluding hydrogens is 282 g/mol. The summed E-state index contributed by atoms with van der Waals surface area (Å²) in [6.07, 6.45) is 4.13. The lowest BCUT2D eigenvalue weighted by molar-refractivity contribution is -0.150. The van der Waals surface area contributed by atoms with E-state index in [1.54, 1.807) is 23.9 Å². The van der Waals surface area contributed by atoms with Gasteiger partial charge in [-0.3, -0.25) is 0 Å². The van der Waals surface area contributed by atoms with Crippen molar-refractivity contribution >= 4 is 12.1 Å². The second kappa shape index (κ2) is 8.01. The normalized spacial score (nSPS) is 14.0. The van der Waals surface area contributed by atoms with Crippen LogP contribution in [0.15, 0.2) is 24.5 Å². The molecule has 0 fully saturated rings. The van der Waals surface area contributed by atoms with Crippen LogP contribution in [0.1, 0.15) is 47.5 Å². The molecule has 124 valence electrons. The van der Waals surface area contributed by atoms with E-state index in [0.717, 1.165) is 6.42 Å². The molecule has 0 saturated carbocycles. The zero-order chi connectivity index (χ0) is 16.8. The number of hydrogen-bond donors (Lipinski definition) is 0. The van der Waals surface area contributed by atoms with Crippen molar-refractivity contribution in [2.24, 2.45) is 11.8 Å². The lowest BCUT2D eigenvalue weighted by atomic mass is 9.91. The fourth-order valence-corrected chi connectivity index (χ4v) is 2.02. The van der Waals surface area contributed by atoms with Crippen LogP contribution in [0.5, 0.6) is 0 Å². The summed E-state index contributed by atoms with van der Waals surface area (Å²) in [5.41, 5.74) is -0.912. The molecule has 0 aromatic carbocycles. The van der Waals surface area contributed by atoms with Crippen LogP contribution < -0.4 is 0 Å². The molecule has 0 aliphatic carbocycles. The average Bonchev–Trinajstić information content (AvgIpc) is 2.97. The Morgan fingerprint density at radius 3 is 2.18 bits per heavy atom. The van der Waals surface area contributed by atoms with Crippen LogP contribution >= 0.6 is 0 Å². The Morgan fingerprint density at radius 1 is 1.09 bits per heavy atom. The van der Waals surface area contributed by atoms with E-state index in [4.69, 9.17) is 9.47 Å². The second-order valence-corrected chi connectivity index (χ2v) is 6.64. The Labute approximate surface area is 132 Å². The molecule has 1 rings (SSSR count). The highest BCUT2D eigenvalue weighted by Gasteiger charge is 2.38. The van der Waals surface area contributed by atoms with Gasteiger partial charge in [0.2, 0.25) is 0 Å². The number of hydrogen-bond acceptors (Lipinski definition) is 4. The number of nitrogens with zero attached hydrogens (tertiary/aromatic N) is 1. The average molecular weight is 309 g/mol. The molecule has 0 aliphatic rings. The SMILES string of the molecule is CC(C)CCC(C)(C(=O)OC(=O)OCC(C)C)n1cccc1. The van der Waals surface area contributed by atoms with Crippen molar-refractivity contribution in [3.8, 4) is 0 Å². The second-order valence-electron chi connectivity index (χ2n) is 6.64. The van der Waals surface area contributed by atoms with E-state index >= 15 is 0 Å². The number of aromatic nitrogens is 1.